The Bertz CT molecular complexity index is 575. The van der Waals surface area contributed by atoms with Gasteiger partial charge in [-0.25, -0.2) is 17.9 Å². The summed E-state index contributed by atoms with van der Waals surface area (Å²) in [6.45, 7) is -0.202. The van der Waals surface area contributed by atoms with Gasteiger partial charge in [0.25, 0.3) is 0 Å². The number of amides is 1. The molecule has 0 saturated carbocycles. The Hall–Kier alpha value is -2.11. The highest BCUT2D eigenvalue weighted by Crippen LogP contribution is 2.10. The number of nitrogens with two attached hydrogens (primary N) is 1. The fraction of sp³-hybridized carbons (Fsp3) is 0.273. The van der Waals surface area contributed by atoms with E-state index in [1.54, 1.807) is 12.1 Å². The van der Waals surface area contributed by atoms with Crippen molar-refractivity contribution in [2.24, 2.45) is 5.73 Å². The van der Waals surface area contributed by atoms with Crippen LogP contribution in [0, 0.1) is 11.3 Å². The molecule has 0 atom stereocenters. The van der Waals surface area contributed by atoms with E-state index in [0.29, 0.717) is 0 Å². The number of primary amides is 1. The molecule has 0 heterocycles. The molecule has 1 aromatic rings. The fourth-order valence-electron chi connectivity index (χ4n) is 1.29. The molecule has 0 radical (unpaired) electrons. The number of sulfonamides is 1. The molecule has 1 aromatic carbocycles. The highest BCUT2D eigenvalue weighted by molar-refractivity contribution is 7.89. The van der Waals surface area contributed by atoms with Crippen LogP contribution in [0.5, 0.6) is 0 Å². The number of carbonyl (C=O) groups excluding carboxylic acids is 1. The third kappa shape index (κ3) is 4.95. The highest BCUT2D eigenvalue weighted by atomic mass is 32.2. The van der Waals surface area contributed by atoms with Gasteiger partial charge in [-0.15, -0.1) is 0 Å². The van der Waals surface area contributed by atoms with Gasteiger partial charge >= 0.3 is 6.09 Å². The molecule has 0 aliphatic rings. The molecule has 8 heteroatoms. The maximum atomic E-state index is 11.8. The number of hydrogen-bond donors (Lipinski definition) is 2. The number of ether oxygens (including phenoxy) is 1. The standard InChI is InChI=1S/C11H13N3O4S/c12-6-5-9-1-3-10(4-2-9)19(16,17)14-7-8-18-11(13)15/h1-4,14H,5,7-8H2,(H2,13,15). The minimum absolute atomic E-state index is 0.0643. The second-order valence-electron chi connectivity index (χ2n) is 3.54. The van der Waals surface area contributed by atoms with Crippen LogP contribution in [0.25, 0.3) is 0 Å². The number of nitrogens with one attached hydrogen (secondary N) is 1. The SMILES string of the molecule is N#CCc1ccc(S(=O)(=O)NCCOC(N)=O)cc1. The Morgan fingerprint density at radius 3 is 2.53 bits per heavy atom. The van der Waals surface area contributed by atoms with E-state index in [0.717, 1.165) is 5.56 Å². The fourth-order valence-corrected chi connectivity index (χ4v) is 2.30. The first kappa shape index (κ1) is 14.9. The predicted octanol–water partition coefficient (Wildman–Crippen LogP) is 0.126. The quantitative estimate of drug-likeness (QED) is 0.718. The van der Waals surface area contributed by atoms with Crippen LogP contribution in [0.3, 0.4) is 0 Å². The van der Waals surface area contributed by atoms with Gasteiger partial charge < -0.3 is 10.5 Å². The number of benzene rings is 1. The molecule has 102 valence electrons. The van der Waals surface area contributed by atoms with Crippen molar-refractivity contribution in [2.45, 2.75) is 11.3 Å². The van der Waals surface area contributed by atoms with Crippen LogP contribution in [0.2, 0.25) is 0 Å². The van der Waals surface area contributed by atoms with Gasteiger partial charge in [0.2, 0.25) is 10.0 Å². The third-order valence-corrected chi connectivity index (χ3v) is 3.63. The minimum atomic E-state index is -3.65. The third-order valence-electron chi connectivity index (χ3n) is 2.16. The lowest BCUT2D eigenvalue weighted by Gasteiger charge is -2.07. The largest absolute Gasteiger partial charge is 0.448 e. The maximum Gasteiger partial charge on any atom is 0.404 e. The molecule has 0 aliphatic heterocycles. The molecule has 19 heavy (non-hydrogen) atoms. The first-order valence-electron chi connectivity index (χ1n) is 5.33. The van der Waals surface area contributed by atoms with Crippen molar-refractivity contribution in [3.8, 4) is 6.07 Å². The van der Waals surface area contributed by atoms with E-state index < -0.39 is 16.1 Å². The van der Waals surface area contributed by atoms with Crippen molar-refractivity contribution >= 4 is 16.1 Å². The zero-order valence-corrected chi connectivity index (χ0v) is 10.8. The van der Waals surface area contributed by atoms with Gasteiger partial charge in [-0.2, -0.15) is 5.26 Å². The van der Waals surface area contributed by atoms with Gasteiger partial charge in [-0.1, -0.05) is 12.1 Å². The molecule has 0 bridgehead atoms. The van der Waals surface area contributed by atoms with Crippen molar-refractivity contribution in [3.05, 3.63) is 29.8 Å². The minimum Gasteiger partial charge on any atom is -0.448 e. The number of hydrogen-bond acceptors (Lipinski definition) is 5. The van der Waals surface area contributed by atoms with Crippen LogP contribution in [0.1, 0.15) is 5.56 Å². The Morgan fingerprint density at radius 1 is 1.37 bits per heavy atom. The molecule has 0 spiro atoms. The summed E-state index contributed by atoms with van der Waals surface area (Å²) >= 11 is 0. The Labute approximate surface area is 111 Å². The Balaban J connectivity index is 2.62. The van der Waals surface area contributed by atoms with Gasteiger partial charge in [0.05, 0.1) is 17.4 Å². The van der Waals surface area contributed by atoms with Gasteiger partial charge in [-0.05, 0) is 17.7 Å². The molecule has 1 rings (SSSR count). The molecule has 0 unspecified atom stereocenters. The zero-order valence-electron chi connectivity index (χ0n) is 10.00. The van der Waals surface area contributed by atoms with Crippen molar-refractivity contribution in [2.75, 3.05) is 13.2 Å². The van der Waals surface area contributed by atoms with E-state index >= 15 is 0 Å². The molecule has 0 fully saturated rings. The second kappa shape index (κ2) is 6.72. The van der Waals surface area contributed by atoms with Crippen LogP contribution in [0.4, 0.5) is 4.79 Å². The number of nitrogens with zero attached hydrogens (tertiary/aromatic N) is 1. The van der Waals surface area contributed by atoms with Crippen molar-refractivity contribution in [3.63, 3.8) is 0 Å². The summed E-state index contributed by atoms with van der Waals surface area (Å²) in [6.07, 6.45) is -0.736. The average Bonchev–Trinajstić information content (AvgIpc) is 2.36. The van der Waals surface area contributed by atoms with Crippen molar-refractivity contribution in [1.82, 2.24) is 4.72 Å². The van der Waals surface area contributed by atoms with Crippen LogP contribution < -0.4 is 10.5 Å². The lowest BCUT2D eigenvalue weighted by Crippen LogP contribution is -2.29. The first-order valence-corrected chi connectivity index (χ1v) is 6.82. The van der Waals surface area contributed by atoms with Gasteiger partial charge in [-0.3, -0.25) is 0 Å². The van der Waals surface area contributed by atoms with E-state index in [9.17, 15) is 13.2 Å². The van der Waals surface area contributed by atoms with E-state index in [-0.39, 0.29) is 24.5 Å². The molecular formula is C11H13N3O4S. The number of carbonyl (C=O) groups is 1. The summed E-state index contributed by atoms with van der Waals surface area (Å²) in [4.78, 5) is 10.4. The molecule has 0 saturated heterocycles. The first-order chi connectivity index (χ1) is 8.95. The van der Waals surface area contributed by atoms with Crippen LogP contribution in [-0.4, -0.2) is 27.7 Å². The summed E-state index contributed by atoms with van der Waals surface area (Å²) in [5.74, 6) is 0. The predicted molar refractivity (Wildman–Crippen MR) is 66.5 cm³/mol. The van der Waals surface area contributed by atoms with E-state index in [4.69, 9.17) is 11.0 Å². The highest BCUT2D eigenvalue weighted by Gasteiger charge is 2.13. The second-order valence-corrected chi connectivity index (χ2v) is 5.31. The van der Waals surface area contributed by atoms with E-state index in [2.05, 4.69) is 9.46 Å². The summed E-state index contributed by atoms with van der Waals surface area (Å²) in [5.41, 5.74) is 5.47. The molecule has 1 amide bonds. The molecule has 0 aliphatic carbocycles. The van der Waals surface area contributed by atoms with Gasteiger partial charge in [0.15, 0.2) is 0 Å². The van der Waals surface area contributed by atoms with Crippen LogP contribution >= 0.6 is 0 Å². The smallest absolute Gasteiger partial charge is 0.404 e. The van der Waals surface area contributed by atoms with Crippen molar-refractivity contribution < 1.29 is 17.9 Å². The lowest BCUT2D eigenvalue weighted by molar-refractivity contribution is 0.159. The monoisotopic (exact) mass is 283 g/mol. The lowest BCUT2D eigenvalue weighted by atomic mass is 10.2. The van der Waals surface area contributed by atoms with E-state index in [1.807, 2.05) is 6.07 Å². The van der Waals surface area contributed by atoms with Crippen LogP contribution in [0.15, 0.2) is 29.2 Å². The zero-order chi connectivity index (χ0) is 14.3. The number of nitriles is 1. The summed E-state index contributed by atoms with van der Waals surface area (Å²) in [7, 11) is -3.65. The normalized spacial score (nSPS) is 10.7. The van der Waals surface area contributed by atoms with Crippen molar-refractivity contribution in [1.29, 1.82) is 5.26 Å². The molecular weight excluding hydrogens is 270 g/mol. The summed E-state index contributed by atoms with van der Waals surface area (Å²) in [5, 5.41) is 8.50. The Kier molecular flexibility index (Phi) is 5.29. The summed E-state index contributed by atoms with van der Waals surface area (Å²) < 4.78 is 30.3. The number of rotatable bonds is 6. The van der Waals surface area contributed by atoms with E-state index in [1.165, 1.54) is 12.1 Å². The molecule has 0 aromatic heterocycles. The maximum absolute atomic E-state index is 11.8. The van der Waals surface area contributed by atoms with Crippen LogP contribution in [-0.2, 0) is 21.2 Å². The average molecular weight is 283 g/mol. The van der Waals surface area contributed by atoms with Gasteiger partial charge in [0, 0.05) is 6.54 Å². The summed E-state index contributed by atoms with van der Waals surface area (Å²) in [6, 6.07) is 7.92. The molecule has 7 nitrogen and oxygen atoms in total. The van der Waals surface area contributed by atoms with Gasteiger partial charge in [0.1, 0.15) is 6.61 Å². The molecule has 3 N–H and O–H groups in total. The topological polar surface area (TPSA) is 122 Å². The Morgan fingerprint density at radius 2 is 2.00 bits per heavy atom.